The monoisotopic (exact) mass is 680 g/mol. The molecule has 0 saturated carbocycles. The number of carbonyl (C=O) groups excluding carboxylic acids is 3. The van der Waals surface area contributed by atoms with Gasteiger partial charge in [-0.05, 0) is 65.7 Å². The van der Waals surface area contributed by atoms with Crippen molar-refractivity contribution in [2.75, 3.05) is 6.61 Å². The van der Waals surface area contributed by atoms with Crippen molar-refractivity contribution in [3.8, 4) is 5.75 Å². The highest BCUT2D eigenvalue weighted by Gasteiger charge is 2.65. The van der Waals surface area contributed by atoms with E-state index in [1.54, 1.807) is 58.9 Å². The number of rotatable bonds is 14. The number of benzene rings is 1. The third-order valence-corrected chi connectivity index (χ3v) is 8.78. The highest BCUT2D eigenvalue weighted by molar-refractivity contribution is 7.52. The van der Waals surface area contributed by atoms with E-state index in [2.05, 4.69) is 16.7 Å². The zero-order chi connectivity index (χ0) is 34.5. The van der Waals surface area contributed by atoms with E-state index < -0.39 is 68.6 Å². The van der Waals surface area contributed by atoms with Gasteiger partial charge >= 0.3 is 25.8 Å². The van der Waals surface area contributed by atoms with Crippen LogP contribution in [0.5, 0.6) is 5.75 Å². The average Bonchev–Trinajstić information content (AvgIpc) is 3.43. The Kier molecular flexibility index (Phi) is 11.4. The zero-order valence-corrected chi connectivity index (χ0v) is 27.9. The van der Waals surface area contributed by atoms with E-state index >= 15 is 0 Å². The van der Waals surface area contributed by atoms with Crippen LogP contribution in [-0.2, 0) is 48.8 Å². The van der Waals surface area contributed by atoms with Gasteiger partial charge in [-0.2, -0.15) is 5.09 Å². The van der Waals surface area contributed by atoms with Crippen molar-refractivity contribution in [2.24, 2.45) is 4.99 Å². The molecule has 2 unspecified atom stereocenters. The van der Waals surface area contributed by atoms with Gasteiger partial charge in [0, 0.05) is 12.6 Å². The summed E-state index contributed by atoms with van der Waals surface area (Å²) in [5.41, 5.74) is 1.08. The number of hydrogen-bond donors (Lipinski definition) is 3. The first-order chi connectivity index (χ1) is 22.1. The molecule has 2 fully saturated rings. The standard InChI is InChI=1S/C30H41N4O12P/c1-17(2)41-25(35)13-12-21-10-8-9-11-22(21)46-47(39,33-19(5)27(36)42-18(3)4)40-16-23-26-30(7,45-29(37)44-26)28(43-23)34-15-14-24(32-38)31-20(34)6/h8-11,14-15,17-19,23,26,28,38H,6,12-13,16H2,1-5,7H3,(H,31,32)(H,33,39)/t19-,23+,26?,28+,30+,47?/m0/s1. The first-order valence-corrected chi connectivity index (χ1v) is 16.6. The molecule has 0 aromatic heterocycles. The first-order valence-electron chi connectivity index (χ1n) is 15.0. The number of esters is 2. The van der Waals surface area contributed by atoms with E-state index in [1.807, 2.05) is 5.48 Å². The third-order valence-electron chi connectivity index (χ3n) is 7.15. The summed E-state index contributed by atoms with van der Waals surface area (Å²) in [6.45, 7) is 13.3. The molecule has 16 nitrogen and oxygen atoms in total. The minimum atomic E-state index is -4.43. The smallest absolute Gasteiger partial charge is 0.463 e. The Hall–Kier alpha value is -3.95. The minimum Gasteiger partial charge on any atom is -0.463 e. The molecule has 2 saturated heterocycles. The van der Waals surface area contributed by atoms with E-state index in [0.717, 1.165) is 0 Å². The van der Waals surface area contributed by atoms with E-state index in [1.165, 1.54) is 24.1 Å². The molecule has 47 heavy (non-hydrogen) atoms. The van der Waals surface area contributed by atoms with Crippen LogP contribution in [0.1, 0.15) is 53.5 Å². The van der Waals surface area contributed by atoms with Crippen molar-refractivity contribution >= 4 is 31.7 Å². The van der Waals surface area contributed by atoms with E-state index in [0.29, 0.717) is 5.56 Å². The molecule has 0 amide bonds. The number of hydroxylamine groups is 1. The molecule has 3 aliphatic rings. The number of ether oxygens (including phenoxy) is 5. The van der Waals surface area contributed by atoms with Crippen LogP contribution in [0, 0.1) is 0 Å². The van der Waals surface area contributed by atoms with Gasteiger partial charge in [0.2, 0.25) is 0 Å². The Morgan fingerprint density at radius 1 is 1.17 bits per heavy atom. The predicted molar refractivity (Wildman–Crippen MR) is 165 cm³/mol. The molecule has 4 rings (SSSR count). The van der Waals surface area contributed by atoms with E-state index in [-0.39, 0.29) is 36.4 Å². The Morgan fingerprint density at radius 2 is 1.87 bits per heavy atom. The van der Waals surface area contributed by atoms with Crippen molar-refractivity contribution < 1.29 is 56.9 Å². The van der Waals surface area contributed by atoms with Crippen molar-refractivity contribution in [3.63, 3.8) is 0 Å². The lowest BCUT2D eigenvalue weighted by molar-refractivity contribution is -0.149. The molecule has 0 spiro atoms. The molecule has 3 heterocycles. The average molecular weight is 681 g/mol. The number of para-hydroxylation sites is 1. The predicted octanol–water partition coefficient (Wildman–Crippen LogP) is 3.70. The molecular formula is C30H41N4O12P. The van der Waals surface area contributed by atoms with Crippen LogP contribution in [0.4, 0.5) is 4.79 Å². The lowest BCUT2D eigenvalue weighted by Gasteiger charge is -2.35. The van der Waals surface area contributed by atoms with Gasteiger partial charge in [-0.15, -0.1) is 0 Å². The number of hydrogen-bond acceptors (Lipinski definition) is 15. The summed E-state index contributed by atoms with van der Waals surface area (Å²) in [5, 5.41) is 11.8. The molecule has 17 heteroatoms. The number of fused-ring (bicyclic) bond motifs is 1. The van der Waals surface area contributed by atoms with Crippen LogP contribution in [0.2, 0.25) is 0 Å². The second kappa shape index (κ2) is 14.9. The first kappa shape index (κ1) is 35.9. The van der Waals surface area contributed by atoms with Crippen LogP contribution >= 0.6 is 7.75 Å². The molecule has 6 atom stereocenters. The fourth-order valence-electron chi connectivity index (χ4n) is 5.08. The Morgan fingerprint density at radius 3 is 2.53 bits per heavy atom. The fraction of sp³-hybridized carbons (Fsp3) is 0.533. The molecule has 3 aliphatic heterocycles. The van der Waals surface area contributed by atoms with Crippen LogP contribution in [-0.4, -0.2) is 82.9 Å². The Bertz CT molecular complexity index is 1470. The zero-order valence-electron chi connectivity index (χ0n) is 27.0. The van der Waals surface area contributed by atoms with E-state index in [9.17, 15) is 24.2 Å². The molecule has 0 radical (unpaired) electrons. The summed E-state index contributed by atoms with van der Waals surface area (Å²) in [5.74, 6) is -0.704. The number of carbonyl (C=O) groups is 3. The topological polar surface area (TPSA) is 193 Å². The molecule has 0 bridgehead atoms. The van der Waals surface area contributed by atoms with Crippen LogP contribution in [0.3, 0.4) is 0 Å². The minimum absolute atomic E-state index is 0.0351. The summed E-state index contributed by atoms with van der Waals surface area (Å²) in [6, 6.07) is 5.49. The molecule has 1 aromatic rings. The maximum atomic E-state index is 14.4. The third kappa shape index (κ3) is 8.70. The van der Waals surface area contributed by atoms with Crippen molar-refractivity contribution in [1.82, 2.24) is 15.5 Å². The van der Waals surface area contributed by atoms with Gasteiger partial charge in [0.05, 0.1) is 18.8 Å². The second-order valence-corrected chi connectivity index (χ2v) is 13.4. The highest BCUT2D eigenvalue weighted by atomic mass is 31.2. The SMILES string of the molecule is C=C1N=C(NO)C=CN1[C@@H]1O[C@H](COP(=O)(N[C@@H](C)C(=O)OC(C)C)Oc2ccccc2CCC(=O)OC(C)C)C2OC(=O)O[C@]21C. The lowest BCUT2D eigenvalue weighted by Crippen LogP contribution is -2.50. The number of aliphatic imine (C=N–C) groups is 1. The summed E-state index contributed by atoms with van der Waals surface area (Å²) in [6.07, 6.45) is -1.56. The van der Waals surface area contributed by atoms with E-state index in [4.69, 9.17) is 32.7 Å². The van der Waals surface area contributed by atoms with Gasteiger partial charge < -0.3 is 33.1 Å². The number of nitrogens with one attached hydrogen (secondary N) is 2. The van der Waals surface area contributed by atoms with Gasteiger partial charge in [0.25, 0.3) is 0 Å². The molecule has 1 aromatic carbocycles. The molecular weight excluding hydrogens is 639 g/mol. The maximum absolute atomic E-state index is 14.4. The Balaban J connectivity index is 1.57. The van der Waals surface area contributed by atoms with Crippen LogP contribution < -0.4 is 15.1 Å². The summed E-state index contributed by atoms with van der Waals surface area (Å²) >= 11 is 0. The number of aryl methyl sites for hydroxylation is 1. The van der Waals surface area contributed by atoms with Gasteiger partial charge in [0.15, 0.2) is 23.8 Å². The van der Waals surface area contributed by atoms with Gasteiger partial charge in [-0.3, -0.25) is 24.8 Å². The largest absolute Gasteiger partial charge is 0.509 e. The molecule has 0 aliphatic carbocycles. The fourth-order valence-corrected chi connectivity index (χ4v) is 6.62. The summed E-state index contributed by atoms with van der Waals surface area (Å²) < 4.78 is 53.9. The van der Waals surface area contributed by atoms with Crippen molar-refractivity contribution in [1.29, 1.82) is 0 Å². The van der Waals surface area contributed by atoms with Crippen LogP contribution in [0.25, 0.3) is 0 Å². The van der Waals surface area contributed by atoms with Crippen LogP contribution in [0.15, 0.2) is 53.9 Å². The van der Waals surface area contributed by atoms with Gasteiger partial charge in [-0.25, -0.2) is 14.4 Å². The van der Waals surface area contributed by atoms with Crippen molar-refractivity contribution in [3.05, 3.63) is 54.5 Å². The quantitative estimate of drug-likeness (QED) is 0.111. The summed E-state index contributed by atoms with van der Waals surface area (Å²) in [7, 11) is -4.43. The molecule has 258 valence electrons. The second-order valence-electron chi connectivity index (χ2n) is 11.7. The lowest BCUT2D eigenvalue weighted by atomic mass is 9.96. The number of amidine groups is 1. The van der Waals surface area contributed by atoms with Gasteiger partial charge in [0.1, 0.15) is 23.7 Å². The van der Waals surface area contributed by atoms with Gasteiger partial charge in [-0.1, -0.05) is 24.8 Å². The molecule has 3 N–H and O–H groups in total. The maximum Gasteiger partial charge on any atom is 0.509 e. The van der Waals surface area contributed by atoms with Crippen molar-refractivity contribution in [2.45, 2.75) is 96.7 Å². The highest BCUT2D eigenvalue weighted by Crippen LogP contribution is 2.49. The normalized spacial score (nSPS) is 25.4. The Labute approximate surface area is 272 Å². The summed E-state index contributed by atoms with van der Waals surface area (Å²) in [4.78, 5) is 42.8. The number of nitrogens with zero attached hydrogens (tertiary/aromatic N) is 2.